The normalized spacial score (nSPS) is 60.0. The summed E-state index contributed by atoms with van der Waals surface area (Å²) in [6.45, 7) is 8.50. The highest BCUT2D eigenvalue weighted by molar-refractivity contribution is 5.28. The third-order valence-corrected chi connectivity index (χ3v) is 8.65. The highest BCUT2D eigenvalue weighted by atomic mass is 16.5. The second-order valence-corrected chi connectivity index (χ2v) is 9.00. The summed E-state index contributed by atoms with van der Waals surface area (Å²) in [5, 5.41) is 34.4. The van der Waals surface area contributed by atoms with E-state index in [-0.39, 0.29) is 29.3 Å². The molecular weight excluding hydrogens is 280 g/mol. The molecule has 3 saturated carbocycles. The molecule has 0 amide bonds. The Hall–Kier alpha value is -1.20. The SMILES string of the molecule is CC12N=[N+]([O-])[C@](C)([C@H]3C1C1N=[N+]([O-])[C@@H]3C3CCC[C@H]13)C2(C)C. The predicted octanol–water partition coefficient (Wildman–Crippen LogP) is 2.90. The van der Waals surface area contributed by atoms with Crippen molar-refractivity contribution in [3.05, 3.63) is 10.4 Å². The lowest BCUT2D eigenvalue weighted by Gasteiger charge is -2.50. The fraction of sp³-hybridized carbons (Fsp3) is 1.00. The molecule has 0 N–H and O–H groups in total. The summed E-state index contributed by atoms with van der Waals surface area (Å²) in [5.41, 5.74) is -1.25. The van der Waals surface area contributed by atoms with Crippen LogP contribution < -0.4 is 0 Å². The van der Waals surface area contributed by atoms with Crippen LogP contribution in [0.5, 0.6) is 0 Å². The summed E-state index contributed by atoms with van der Waals surface area (Å²) in [6, 6.07) is -0.0656. The van der Waals surface area contributed by atoms with Crippen LogP contribution in [0, 0.1) is 39.5 Å². The minimum absolute atomic E-state index is 0.0588. The molecule has 3 heterocycles. The molecule has 0 saturated heterocycles. The molecule has 0 radical (unpaired) electrons. The van der Waals surface area contributed by atoms with Crippen molar-refractivity contribution in [2.45, 2.75) is 70.1 Å². The quantitative estimate of drug-likeness (QED) is 0.509. The van der Waals surface area contributed by atoms with Crippen LogP contribution in [0.1, 0.15) is 47.0 Å². The monoisotopic (exact) mass is 304 g/mol. The zero-order chi connectivity index (χ0) is 15.7. The zero-order valence-corrected chi connectivity index (χ0v) is 13.7. The summed E-state index contributed by atoms with van der Waals surface area (Å²) in [6.07, 6.45) is 3.49. The van der Waals surface area contributed by atoms with Gasteiger partial charge in [0.05, 0.1) is 5.41 Å². The second-order valence-electron chi connectivity index (χ2n) is 9.00. The van der Waals surface area contributed by atoms with Gasteiger partial charge in [-0.15, -0.1) is 0 Å². The first kappa shape index (κ1) is 13.3. The Morgan fingerprint density at radius 1 is 1.00 bits per heavy atom. The lowest BCUT2D eigenvalue weighted by atomic mass is 9.58. The Morgan fingerprint density at radius 2 is 1.68 bits per heavy atom. The molecule has 4 unspecified atom stereocenters. The van der Waals surface area contributed by atoms with E-state index in [0.29, 0.717) is 11.8 Å². The Bertz CT molecular complexity index is 644. The van der Waals surface area contributed by atoms with Gasteiger partial charge in [0, 0.05) is 18.8 Å². The number of azo groups is 2. The van der Waals surface area contributed by atoms with Crippen LogP contribution in [0.25, 0.3) is 0 Å². The van der Waals surface area contributed by atoms with Crippen molar-refractivity contribution in [1.29, 1.82) is 0 Å². The van der Waals surface area contributed by atoms with Crippen LogP contribution in [0.4, 0.5) is 0 Å². The van der Waals surface area contributed by atoms with E-state index in [4.69, 9.17) is 0 Å². The van der Waals surface area contributed by atoms with Crippen LogP contribution in [0.2, 0.25) is 0 Å². The highest BCUT2D eigenvalue weighted by Gasteiger charge is 2.87. The van der Waals surface area contributed by atoms with Gasteiger partial charge in [-0.05, 0) is 35.9 Å². The molecule has 0 spiro atoms. The van der Waals surface area contributed by atoms with Crippen LogP contribution in [-0.2, 0) is 0 Å². The maximum atomic E-state index is 12.7. The lowest BCUT2D eigenvalue weighted by Crippen LogP contribution is -2.65. The maximum absolute atomic E-state index is 12.7. The van der Waals surface area contributed by atoms with Gasteiger partial charge in [-0.1, -0.05) is 30.0 Å². The first-order chi connectivity index (χ1) is 10.2. The third kappa shape index (κ3) is 0.984. The summed E-state index contributed by atoms with van der Waals surface area (Å²) >= 11 is 0. The number of fused-ring (bicyclic) bond motifs is 2. The van der Waals surface area contributed by atoms with Crippen LogP contribution in [0.3, 0.4) is 0 Å². The fourth-order valence-corrected chi connectivity index (χ4v) is 7.05. The van der Waals surface area contributed by atoms with E-state index < -0.39 is 11.1 Å². The van der Waals surface area contributed by atoms with Crippen molar-refractivity contribution in [1.82, 2.24) is 0 Å². The lowest BCUT2D eigenvalue weighted by molar-refractivity contribution is -0.669. The van der Waals surface area contributed by atoms with E-state index in [1.165, 1.54) is 12.8 Å². The molecule has 6 aliphatic rings. The molecule has 3 aliphatic carbocycles. The molecule has 6 heteroatoms. The largest absolute Gasteiger partial charge is 0.600 e. The Balaban J connectivity index is 1.77. The zero-order valence-electron chi connectivity index (χ0n) is 13.7. The number of nitrogens with zero attached hydrogens (tertiary/aromatic N) is 4. The van der Waals surface area contributed by atoms with Crippen LogP contribution in [0.15, 0.2) is 10.2 Å². The van der Waals surface area contributed by atoms with Gasteiger partial charge in [0.2, 0.25) is 11.6 Å². The fourth-order valence-electron chi connectivity index (χ4n) is 7.05. The van der Waals surface area contributed by atoms with Crippen molar-refractivity contribution >= 4 is 0 Å². The maximum Gasteiger partial charge on any atom is 0.213 e. The minimum atomic E-state index is -0.596. The molecule has 0 aromatic carbocycles. The Morgan fingerprint density at radius 3 is 2.41 bits per heavy atom. The molecule has 6 rings (SSSR count). The Labute approximate surface area is 130 Å². The topological polar surface area (TPSA) is 76.9 Å². The molecule has 120 valence electrons. The Kier molecular flexibility index (Phi) is 2.01. The van der Waals surface area contributed by atoms with Crippen molar-refractivity contribution in [3.8, 4) is 0 Å². The molecule has 3 fully saturated rings. The summed E-state index contributed by atoms with van der Waals surface area (Å²) < 4.78 is 0. The average Bonchev–Trinajstić information content (AvgIpc) is 3.01. The smallest absolute Gasteiger partial charge is 0.213 e. The van der Waals surface area contributed by atoms with E-state index in [2.05, 4.69) is 31.0 Å². The van der Waals surface area contributed by atoms with E-state index in [1.54, 1.807) is 0 Å². The molecule has 0 aromatic rings. The molecule has 6 nitrogen and oxygen atoms in total. The predicted molar refractivity (Wildman–Crippen MR) is 78.1 cm³/mol. The standard InChI is InChI=1S/C16H24N4O2/c1-14(2)15(3)10-11(16(14,4)20(22)18-15)13-9-7-5-6-8(9)12(10)17-19(13)21/h8-13H,5-7H2,1-4H3/t8-,9?,10?,11-,12?,13+,15?,16+/m0/s1. The molecule has 3 aliphatic heterocycles. The van der Waals surface area contributed by atoms with Gasteiger partial charge in [-0.25, -0.2) is 0 Å². The third-order valence-electron chi connectivity index (χ3n) is 8.65. The van der Waals surface area contributed by atoms with Crippen molar-refractivity contribution in [2.24, 2.45) is 39.3 Å². The molecule has 22 heavy (non-hydrogen) atoms. The molecule has 4 bridgehead atoms. The number of hydroxylamine groups is 2. The summed E-state index contributed by atoms with van der Waals surface area (Å²) in [7, 11) is 0. The van der Waals surface area contributed by atoms with Crippen LogP contribution >= 0.6 is 0 Å². The highest BCUT2D eigenvalue weighted by Crippen LogP contribution is 2.72. The van der Waals surface area contributed by atoms with Gasteiger partial charge in [0.1, 0.15) is 17.5 Å². The van der Waals surface area contributed by atoms with Gasteiger partial charge >= 0.3 is 0 Å². The van der Waals surface area contributed by atoms with Gasteiger partial charge in [0.25, 0.3) is 0 Å². The summed E-state index contributed by atoms with van der Waals surface area (Å²) in [4.78, 5) is 1.93. The van der Waals surface area contributed by atoms with Gasteiger partial charge < -0.3 is 10.4 Å². The molecule has 0 aromatic heterocycles. The van der Waals surface area contributed by atoms with Gasteiger partial charge in [0.15, 0.2) is 0 Å². The average molecular weight is 304 g/mol. The van der Waals surface area contributed by atoms with E-state index >= 15 is 0 Å². The van der Waals surface area contributed by atoms with Crippen molar-refractivity contribution in [2.75, 3.05) is 0 Å². The number of hydrogen-bond donors (Lipinski definition) is 0. The van der Waals surface area contributed by atoms with Crippen LogP contribution in [-0.4, -0.2) is 32.9 Å². The molecule has 8 atom stereocenters. The first-order valence-corrected chi connectivity index (χ1v) is 8.62. The van der Waals surface area contributed by atoms with Gasteiger partial charge in [-0.3, -0.25) is 0 Å². The van der Waals surface area contributed by atoms with Gasteiger partial charge in [-0.2, -0.15) is 0 Å². The van der Waals surface area contributed by atoms with E-state index in [9.17, 15) is 10.4 Å². The molecular formula is C16H24N4O2. The number of hydrogen-bond acceptors (Lipinski definition) is 4. The van der Waals surface area contributed by atoms with E-state index in [0.717, 1.165) is 16.1 Å². The van der Waals surface area contributed by atoms with E-state index in [1.807, 2.05) is 6.92 Å². The van der Waals surface area contributed by atoms with Crippen molar-refractivity contribution < 1.29 is 9.72 Å². The van der Waals surface area contributed by atoms with Crippen molar-refractivity contribution in [3.63, 3.8) is 0 Å². The second kappa shape index (κ2) is 3.34. The first-order valence-electron chi connectivity index (χ1n) is 8.62. The number of rotatable bonds is 0. The minimum Gasteiger partial charge on any atom is -0.600 e. The summed E-state index contributed by atoms with van der Waals surface area (Å²) in [5.74, 6) is 1.28.